The zero-order chi connectivity index (χ0) is 19.6. The standard InChI is InChI=1S/C22H28N6S/c1-26-9-11-27(12-10-26)18-5-2-4-17(14-18)15-24-21-22-25-16-19(20-6-3-13-29-20)28(22)8-7-23-21/h2,4-5,7-8,14,16,20H,3,6,9-13,15H2,1H3,(H,23,24)/t20-/m0/s1. The summed E-state index contributed by atoms with van der Waals surface area (Å²) in [6, 6.07) is 8.85. The fraction of sp³-hybridized carbons (Fsp3) is 0.455. The lowest BCUT2D eigenvalue weighted by Gasteiger charge is -2.34. The normalized spacial score (nSPS) is 20.4. The van der Waals surface area contributed by atoms with E-state index in [1.807, 2.05) is 30.4 Å². The van der Waals surface area contributed by atoms with Gasteiger partial charge in [-0.25, -0.2) is 9.97 Å². The Morgan fingerprint density at radius 2 is 2.07 bits per heavy atom. The Hall–Kier alpha value is -2.25. The van der Waals surface area contributed by atoms with Crippen LogP contribution in [0.3, 0.4) is 0 Å². The molecule has 1 N–H and O–H groups in total. The zero-order valence-electron chi connectivity index (χ0n) is 16.9. The van der Waals surface area contributed by atoms with Crippen molar-refractivity contribution in [2.75, 3.05) is 49.2 Å². The Balaban J connectivity index is 1.31. The van der Waals surface area contributed by atoms with Crippen LogP contribution >= 0.6 is 11.8 Å². The molecule has 3 aromatic rings. The fourth-order valence-electron chi connectivity index (χ4n) is 4.23. The lowest BCUT2D eigenvalue weighted by atomic mass is 10.1. The van der Waals surface area contributed by atoms with E-state index in [2.05, 4.69) is 60.8 Å². The van der Waals surface area contributed by atoms with Crippen LogP contribution in [0, 0.1) is 0 Å². The summed E-state index contributed by atoms with van der Waals surface area (Å²) in [6.07, 6.45) is 8.47. The van der Waals surface area contributed by atoms with E-state index in [9.17, 15) is 0 Å². The van der Waals surface area contributed by atoms with E-state index in [0.717, 1.165) is 44.2 Å². The van der Waals surface area contributed by atoms with Crippen LogP contribution in [-0.4, -0.2) is 58.2 Å². The molecule has 0 amide bonds. The monoisotopic (exact) mass is 408 g/mol. The van der Waals surface area contributed by atoms with Crippen LogP contribution in [0.25, 0.3) is 5.65 Å². The maximum Gasteiger partial charge on any atom is 0.180 e. The number of fused-ring (bicyclic) bond motifs is 1. The molecule has 4 heterocycles. The molecule has 7 heteroatoms. The van der Waals surface area contributed by atoms with Crippen LogP contribution in [0.15, 0.2) is 42.9 Å². The average Bonchev–Trinajstić information content (AvgIpc) is 3.43. The van der Waals surface area contributed by atoms with Crippen LogP contribution in [0.4, 0.5) is 11.5 Å². The smallest absolute Gasteiger partial charge is 0.180 e. The molecule has 152 valence electrons. The number of hydrogen-bond donors (Lipinski definition) is 1. The number of thioether (sulfide) groups is 1. The molecule has 5 rings (SSSR count). The van der Waals surface area contributed by atoms with E-state index < -0.39 is 0 Å². The molecule has 0 aliphatic carbocycles. The van der Waals surface area contributed by atoms with Crippen molar-refractivity contribution in [2.45, 2.75) is 24.6 Å². The van der Waals surface area contributed by atoms with Crippen molar-refractivity contribution in [3.63, 3.8) is 0 Å². The third-order valence-electron chi connectivity index (χ3n) is 5.96. The molecule has 2 aromatic heterocycles. The summed E-state index contributed by atoms with van der Waals surface area (Å²) in [6.45, 7) is 5.16. The molecule has 2 aliphatic rings. The van der Waals surface area contributed by atoms with Gasteiger partial charge in [0.2, 0.25) is 0 Å². The van der Waals surface area contributed by atoms with E-state index >= 15 is 0 Å². The molecule has 0 saturated carbocycles. The molecule has 0 radical (unpaired) electrons. The van der Waals surface area contributed by atoms with Crippen molar-refractivity contribution in [3.8, 4) is 0 Å². The van der Waals surface area contributed by atoms with Crippen molar-refractivity contribution in [3.05, 3.63) is 54.1 Å². The van der Waals surface area contributed by atoms with Gasteiger partial charge in [0.15, 0.2) is 11.5 Å². The zero-order valence-corrected chi connectivity index (χ0v) is 17.7. The number of aromatic nitrogens is 3. The number of likely N-dealkylation sites (N-methyl/N-ethyl adjacent to an activating group) is 1. The van der Waals surface area contributed by atoms with Gasteiger partial charge in [0.05, 0.1) is 11.9 Å². The summed E-state index contributed by atoms with van der Waals surface area (Å²) in [5.74, 6) is 2.10. The van der Waals surface area contributed by atoms with Gasteiger partial charge in [0.25, 0.3) is 0 Å². The highest BCUT2D eigenvalue weighted by Gasteiger charge is 2.22. The fourth-order valence-corrected chi connectivity index (χ4v) is 5.52. The number of anilines is 2. The second kappa shape index (κ2) is 8.24. The highest BCUT2D eigenvalue weighted by molar-refractivity contribution is 7.99. The summed E-state index contributed by atoms with van der Waals surface area (Å²) in [5, 5.41) is 4.07. The molecular formula is C22H28N6S. The van der Waals surface area contributed by atoms with E-state index in [-0.39, 0.29) is 0 Å². The molecule has 2 aliphatic heterocycles. The molecule has 0 spiro atoms. The number of piperazine rings is 1. The molecule has 6 nitrogen and oxygen atoms in total. The number of benzene rings is 1. The van der Waals surface area contributed by atoms with Gasteiger partial charge in [-0.3, -0.25) is 4.40 Å². The first-order chi connectivity index (χ1) is 14.3. The number of nitrogens with zero attached hydrogens (tertiary/aromatic N) is 5. The number of imidazole rings is 1. The van der Waals surface area contributed by atoms with Crippen molar-refractivity contribution >= 4 is 28.9 Å². The van der Waals surface area contributed by atoms with Gasteiger partial charge < -0.3 is 15.1 Å². The minimum absolute atomic E-state index is 0.556. The Bertz CT molecular complexity index is 972. The second-order valence-corrected chi connectivity index (χ2v) is 9.28. The SMILES string of the molecule is CN1CCN(c2cccc(CNc3nccn4c([C@@H]5CCCS5)cnc34)c2)CC1. The first-order valence-electron chi connectivity index (χ1n) is 10.5. The highest BCUT2D eigenvalue weighted by Crippen LogP contribution is 2.40. The lowest BCUT2D eigenvalue weighted by Crippen LogP contribution is -2.44. The third-order valence-corrected chi connectivity index (χ3v) is 7.36. The summed E-state index contributed by atoms with van der Waals surface area (Å²) in [5.41, 5.74) is 4.79. The first-order valence-corrected chi connectivity index (χ1v) is 11.5. The summed E-state index contributed by atoms with van der Waals surface area (Å²) in [7, 11) is 2.19. The molecule has 2 saturated heterocycles. The number of hydrogen-bond acceptors (Lipinski definition) is 6. The second-order valence-electron chi connectivity index (χ2n) is 7.97. The van der Waals surface area contributed by atoms with Crippen molar-refractivity contribution < 1.29 is 0 Å². The topological polar surface area (TPSA) is 48.7 Å². The quantitative estimate of drug-likeness (QED) is 0.695. The Labute approximate surface area is 176 Å². The van der Waals surface area contributed by atoms with Gasteiger partial charge in [0, 0.05) is 56.1 Å². The van der Waals surface area contributed by atoms with E-state index in [1.54, 1.807) is 0 Å². The van der Waals surface area contributed by atoms with Crippen molar-refractivity contribution in [2.24, 2.45) is 0 Å². The predicted molar refractivity (Wildman–Crippen MR) is 121 cm³/mol. The molecule has 1 atom stereocenters. The lowest BCUT2D eigenvalue weighted by molar-refractivity contribution is 0.313. The van der Waals surface area contributed by atoms with E-state index in [1.165, 1.54) is 35.5 Å². The minimum Gasteiger partial charge on any atom is -0.369 e. The van der Waals surface area contributed by atoms with Gasteiger partial charge in [-0.05, 0) is 43.3 Å². The summed E-state index contributed by atoms with van der Waals surface area (Å²) < 4.78 is 2.21. The first kappa shape index (κ1) is 18.8. The van der Waals surface area contributed by atoms with E-state index in [0.29, 0.717) is 5.25 Å². The van der Waals surface area contributed by atoms with Crippen LogP contribution in [0.1, 0.15) is 29.3 Å². The largest absolute Gasteiger partial charge is 0.369 e. The molecule has 1 aromatic carbocycles. The summed E-state index contributed by atoms with van der Waals surface area (Å²) >= 11 is 2.04. The average molecular weight is 409 g/mol. The molecule has 29 heavy (non-hydrogen) atoms. The molecule has 2 fully saturated rings. The Morgan fingerprint density at radius 1 is 1.17 bits per heavy atom. The van der Waals surface area contributed by atoms with Gasteiger partial charge in [-0.2, -0.15) is 11.8 Å². The number of rotatable bonds is 5. The minimum atomic E-state index is 0.556. The van der Waals surface area contributed by atoms with E-state index in [4.69, 9.17) is 0 Å². The third kappa shape index (κ3) is 3.94. The maximum atomic E-state index is 4.69. The maximum absolute atomic E-state index is 4.69. The van der Waals surface area contributed by atoms with Gasteiger partial charge >= 0.3 is 0 Å². The molecule has 0 bridgehead atoms. The van der Waals surface area contributed by atoms with Gasteiger partial charge in [-0.1, -0.05) is 12.1 Å². The highest BCUT2D eigenvalue weighted by atomic mass is 32.2. The van der Waals surface area contributed by atoms with Gasteiger partial charge in [0.1, 0.15) is 0 Å². The van der Waals surface area contributed by atoms with Crippen LogP contribution in [-0.2, 0) is 6.54 Å². The number of nitrogens with one attached hydrogen (secondary N) is 1. The van der Waals surface area contributed by atoms with Crippen LogP contribution in [0.2, 0.25) is 0 Å². The molecular weight excluding hydrogens is 380 g/mol. The Kier molecular flexibility index (Phi) is 5.33. The van der Waals surface area contributed by atoms with Gasteiger partial charge in [-0.15, -0.1) is 0 Å². The van der Waals surface area contributed by atoms with Crippen LogP contribution in [0.5, 0.6) is 0 Å². The molecule has 0 unspecified atom stereocenters. The van der Waals surface area contributed by atoms with Crippen molar-refractivity contribution in [1.82, 2.24) is 19.3 Å². The predicted octanol–water partition coefficient (Wildman–Crippen LogP) is 3.66. The summed E-state index contributed by atoms with van der Waals surface area (Å²) in [4.78, 5) is 14.1. The van der Waals surface area contributed by atoms with Crippen LogP contribution < -0.4 is 10.2 Å². The Morgan fingerprint density at radius 3 is 2.90 bits per heavy atom. The van der Waals surface area contributed by atoms with Crippen molar-refractivity contribution in [1.29, 1.82) is 0 Å².